The van der Waals surface area contributed by atoms with Crippen molar-refractivity contribution in [3.63, 3.8) is 0 Å². The average molecular weight is 198 g/mol. The maximum Gasteiger partial charge on any atom is 0.0189 e. The predicted octanol–water partition coefficient (Wildman–Crippen LogP) is 2.25. The summed E-state index contributed by atoms with van der Waals surface area (Å²) in [6.07, 6.45) is 6.90. The van der Waals surface area contributed by atoms with Gasteiger partial charge in [0.05, 0.1) is 0 Å². The SMILES string of the molecule is CCCN(C)C(C)CNC1CCCC1. The van der Waals surface area contributed by atoms with Gasteiger partial charge in [-0.25, -0.2) is 0 Å². The largest absolute Gasteiger partial charge is 0.312 e. The standard InChI is InChI=1S/C12H26N2/c1-4-9-14(3)11(2)10-13-12-7-5-6-8-12/h11-13H,4-10H2,1-3H3. The Kier molecular flexibility index (Phi) is 5.49. The van der Waals surface area contributed by atoms with E-state index in [0.717, 1.165) is 12.6 Å². The second-order valence-electron chi connectivity index (χ2n) is 4.72. The number of nitrogens with one attached hydrogen (secondary N) is 1. The Bertz CT molecular complexity index is 141. The zero-order valence-corrected chi connectivity index (χ0v) is 10.1. The molecular formula is C12H26N2. The molecule has 0 aromatic carbocycles. The molecular weight excluding hydrogens is 172 g/mol. The normalized spacial score (nSPS) is 20.6. The quantitative estimate of drug-likeness (QED) is 0.704. The molecule has 0 aromatic heterocycles. The molecule has 0 heterocycles. The fraction of sp³-hybridized carbons (Fsp3) is 1.00. The summed E-state index contributed by atoms with van der Waals surface area (Å²) in [5.41, 5.74) is 0. The van der Waals surface area contributed by atoms with Crippen molar-refractivity contribution in [3.05, 3.63) is 0 Å². The van der Waals surface area contributed by atoms with Gasteiger partial charge in [0.1, 0.15) is 0 Å². The Balaban J connectivity index is 2.09. The predicted molar refractivity (Wildman–Crippen MR) is 62.6 cm³/mol. The minimum Gasteiger partial charge on any atom is -0.312 e. The third-order valence-corrected chi connectivity index (χ3v) is 3.39. The van der Waals surface area contributed by atoms with Crippen LogP contribution in [0.15, 0.2) is 0 Å². The zero-order valence-electron chi connectivity index (χ0n) is 10.1. The van der Waals surface area contributed by atoms with Gasteiger partial charge in [0.2, 0.25) is 0 Å². The minimum absolute atomic E-state index is 0.676. The van der Waals surface area contributed by atoms with Crippen molar-refractivity contribution in [1.29, 1.82) is 0 Å². The van der Waals surface area contributed by atoms with Crippen molar-refractivity contribution in [2.45, 2.75) is 58.0 Å². The van der Waals surface area contributed by atoms with Gasteiger partial charge in [-0.15, -0.1) is 0 Å². The van der Waals surface area contributed by atoms with E-state index in [9.17, 15) is 0 Å². The Morgan fingerprint density at radius 3 is 2.57 bits per heavy atom. The summed E-state index contributed by atoms with van der Waals surface area (Å²) in [5.74, 6) is 0. The van der Waals surface area contributed by atoms with Crippen LogP contribution in [-0.2, 0) is 0 Å². The highest BCUT2D eigenvalue weighted by Gasteiger charge is 2.15. The van der Waals surface area contributed by atoms with Crippen LogP contribution in [0.5, 0.6) is 0 Å². The van der Waals surface area contributed by atoms with E-state index in [0.29, 0.717) is 6.04 Å². The second-order valence-corrected chi connectivity index (χ2v) is 4.72. The van der Waals surface area contributed by atoms with Crippen LogP contribution in [0.4, 0.5) is 0 Å². The van der Waals surface area contributed by atoms with E-state index in [4.69, 9.17) is 0 Å². The molecule has 0 aliphatic heterocycles. The molecule has 2 heteroatoms. The van der Waals surface area contributed by atoms with Crippen LogP contribution >= 0.6 is 0 Å². The summed E-state index contributed by atoms with van der Waals surface area (Å²) in [5, 5.41) is 3.68. The van der Waals surface area contributed by atoms with E-state index in [1.165, 1.54) is 38.6 Å². The van der Waals surface area contributed by atoms with Crippen LogP contribution in [0.3, 0.4) is 0 Å². The summed E-state index contributed by atoms with van der Waals surface area (Å²) < 4.78 is 0. The lowest BCUT2D eigenvalue weighted by atomic mass is 10.2. The van der Waals surface area contributed by atoms with Gasteiger partial charge in [0.25, 0.3) is 0 Å². The molecule has 84 valence electrons. The van der Waals surface area contributed by atoms with Gasteiger partial charge in [-0.1, -0.05) is 19.8 Å². The van der Waals surface area contributed by atoms with E-state index in [-0.39, 0.29) is 0 Å². The Morgan fingerprint density at radius 1 is 1.36 bits per heavy atom. The maximum atomic E-state index is 3.68. The number of hydrogen-bond acceptors (Lipinski definition) is 2. The molecule has 1 unspecified atom stereocenters. The fourth-order valence-corrected chi connectivity index (χ4v) is 2.20. The van der Waals surface area contributed by atoms with Gasteiger partial charge in [0.15, 0.2) is 0 Å². The smallest absolute Gasteiger partial charge is 0.0189 e. The Morgan fingerprint density at radius 2 is 2.00 bits per heavy atom. The lowest BCUT2D eigenvalue weighted by Gasteiger charge is -2.25. The first kappa shape index (κ1) is 12.0. The van der Waals surface area contributed by atoms with Crippen LogP contribution in [0.2, 0.25) is 0 Å². The van der Waals surface area contributed by atoms with Gasteiger partial charge in [-0.2, -0.15) is 0 Å². The lowest BCUT2D eigenvalue weighted by molar-refractivity contribution is 0.245. The topological polar surface area (TPSA) is 15.3 Å². The molecule has 1 fully saturated rings. The first-order valence-corrected chi connectivity index (χ1v) is 6.17. The van der Waals surface area contributed by atoms with Crippen molar-refractivity contribution < 1.29 is 0 Å². The zero-order chi connectivity index (χ0) is 10.4. The number of likely N-dealkylation sites (N-methyl/N-ethyl adjacent to an activating group) is 1. The van der Waals surface area contributed by atoms with E-state index in [1.54, 1.807) is 0 Å². The first-order chi connectivity index (χ1) is 6.74. The highest BCUT2D eigenvalue weighted by molar-refractivity contribution is 4.76. The molecule has 0 amide bonds. The molecule has 0 bridgehead atoms. The van der Waals surface area contributed by atoms with Crippen molar-refractivity contribution in [2.75, 3.05) is 20.1 Å². The van der Waals surface area contributed by atoms with Gasteiger partial charge in [-0.05, 0) is 39.8 Å². The summed E-state index contributed by atoms with van der Waals surface area (Å²) in [7, 11) is 2.23. The third-order valence-electron chi connectivity index (χ3n) is 3.39. The highest BCUT2D eigenvalue weighted by atomic mass is 15.1. The van der Waals surface area contributed by atoms with Gasteiger partial charge in [0, 0.05) is 18.6 Å². The molecule has 1 atom stereocenters. The van der Waals surface area contributed by atoms with Crippen LogP contribution in [-0.4, -0.2) is 37.1 Å². The van der Waals surface area contributed by atoms with E-state index >= 15 is 0 Å². The molecule has 14 heavy (non-hydrogen) atoms. The molecule has 0 aromatic rings. The molecule has 1 aliphatic rings. The van der Waals surface area contributed by atoms with Crippen LogP contribution in [0, 0.1) is 0 Å². The molecule has 1 aliphatic carbocycles. The highest BCUT2D eigenvalue weighted by Crippen LogP contribution is 2.17. The molecule has 0 saturated heterocycles. The Labute approximate surface area is 89.1 Å². The van der Waals surface area contributed by atoms with Crippen molar-refractivity contribution in [3.8, 4) is 0 Å². The first-order valence-electron chi connectivity index (χ1n) is 6.17. The van der Waals surface area contributed by atoms with Crippen molar-refractivity contribution >= 4 is 0 Å². The Hall–Kier alpha value is -0.0800. The van der Waals surface area contributed by atoms with Crippen LogP contribution < -0.4 is 5.32 Å². The van der Waals surface area contributed by atoms with Crippen molar-refractivity contribution in [1.82, 2.24) is 10.2 Å². The van der Waals surface area contributed by atoms with Crippen molar-refractivity contribution in [2.24, 2.45) is 0 Å². The van der Waals surface area contributed by atoms with Crippen LogP contribution in [0.1, 0.15) is 46.0 Å². The van der Waals surface area contributed by atoms with E-state index in [1.807, 2.05) is 0 Å². The summed E-state index contributed by atoms with van der Waals surface area (Å²) >= 11 is 0. The fourth-order valence-electron chi connectivity index (χ4n) is 2.20. The summed E-state index contributed by atoms with van der Waals surface area (Å²) in [4.78, 5) is 2.45. The molecule has 1 saturated carbocycles. The lowest BCUT2D eigenvalue weighted by Crippen LogP contribution is -2.41. The molecule has 2 nitrogen and oxygen atoms in total. The molecule has 0 spiro atoms. The monoisotopic (exact) mass is 198 g/mol. The van der Waals surface area contributed by atoms with Gasteiger partial charge >= 0.3 is 0 Å². The third kappa shape index (κ3) is 3.97. The molecule has 0 radical (unpaired) electrons. The molecule has 1 rings (SSSR count). The number of hydrogen-bond donors (Lipinski definition) is 1. The number of nitrogens with zero attached hydrogens (tertiary/aromatic N) is 1. The summed E-state index contributed by atoms with van der Waals surface area (Å²) in [6, 6.07) is 1.49. The minimum atomic E-state index is 0.676. The second kappa shape index (κ2) is 6.41. The average Bonchev–Trinajstić information content (AvgIpc) is 2.67. The number of rotatable bonds is 6. The maximum absolute atomic E-state index is 3.68. The summed E-state index contributed by atoms with van der Waals surface area (Å²) in [6.45, 7) is 6.93. The molecule has 1 N–H and O–H groups in total. The van der Waals surface area contributed by atoms with Crippen LogP contribution in [0.25, 0.3) is 0 Å². The van der Waals surface area contributed by atoms with Gasteiger partial charge < -0.3 is 10.2 Å². The van der Waals surface area contributed by atoms with E-state index in [2.05, 4.69) is 31.1 Å². The van der Waals surface area contributed by atoms with E-state index < -0.39 is 0 Å². The van der Waals surface area contributed by atoms with Gasteiger partial charge in [-0.3, -0.25) is 0 Å².